The molecular formula is C12H17N3O4S. The number of rotatable bonds is 3. The van der Waals surface area contributed by atoms with Gasteiger partial charge in [0.15, 0.2) is 0 Å². The number of hydrogen-bond donors (Lipinski definition) is 1. The summed E-state index contributed by atoms with van der Waals surface area (Å²) < 4.78 is 26.4. The molecule has 1 aromatic carbocycles. The van der Waals surface area contributed by atoms with E-state index in [1.807, 2.05) is 13.8 Å². The van der Waals surface area contributed by atoms with Crippen LogP contribution in [0.2, 0.25) is 0 Å². The molecule has 1 aromatic rings. The smallest absolute Gasteiger partial charge is 0.270 e. The van der Waals surface area contributed by atoms with Crippen molar-refractivity contribution in [1.82, 2.24) is 4.31 Å². The van der Waals surface area contributed by atoms with Crippen molar-refractivity contribution in [2.75, 3.05) is 18.8 Å². The van der Waals surface area contributed by atoms with E-state index < -0.39 is 14.9 Å². The van der Waals surface area contributed by atoms with Gasteiger partial charge in [0.2, 0.25) is 10.0 Å². The zero-order valence-corrected chi connectivity index (χ0v) is 12.2. The fraction of sp³-hybridized carbons (Fsp3) is 0.500. The molecule has 1 saturated heterocycles. The minimum absolute atomic E-state index is 0.0281. The molecule has 0 amide bonds. The number of nitro benzene ring substituents is 1. The molecule has 0 radical (unpaired) electrons. The standard InChI is InChI=1S/C12H17N3O4S/c1-12(2)5-6-14(8-12)20(18,19)11-7-9(15(16)17)3-4-10(11)13/h3-4,7H,5-6,8,13H2,1-2H3. The van der Waals surface area contributed by atoms with Crippen LogP contribution in [0.4, 0.5) is 11.4 Å². The van der Waals surface area contributed by atoms with Gasteiger partial charge in [-0.1, -0.05) is 13.8 Å². The molecule has 1 fully saturated rings. The Morgan fingerprint density at radius 1 is 1.40 bits per heavy atom. The average molecular weight is 299 g/mol. The summed E-state index contributed by atoms with van der Waals surface area (Å²) in [4.78, 5) is 9.95. The highest BCUT2D eigenvalue weighted by Crippen LogP contribution is 2.35. The zero-order chi connectivity index (χ0) is 15.1. The number of benzene rings is 1. The van der Waals surface area contributed by atoms with Crippen LogP contribution in [0, 0.1) is 15.5 Å². The lowest BCUT2D eigenvalue weighted by Crippen LogP contribution is -2.31. The number of nitrogens with zero attached hydrogens (tertiary/aromatic N) is 2. The second-order valence-corrected chi connectivity index (χ2v) is 7.64. The lowest BCUT2D eigenvalue weighted by molar-refractivity contribution is -0.385. The van der Waals surface area contributed by atoms with Gasteiger partial charge in [0.25, 0.3) is 5.69 Å². The summed E-state index contributed by atoms with van der Waals surface area (Å²) in [5.74, 6) is 0. The summed E-state index contributed by atoms with van der Waals surface area (Å²) in [7, 11) is -3.79. The number of anilines is 1. The van der Waals surface area contributed by atoms with Crippen LogP contribution >= 0.6 is 0 Å². The van der Waals surface area contributed by atoms with Gasteiger partial charge in [-0.15, -0.1) is 0 Å². The number of nitro groups is 1. The summed E-state index contributed by atoms with van der Waals surface area (Å²) in [5, 5.41) is 10.8. The molecule has 1 aliphatic heterocycles. The van der Waals surface area contributed by atoms with Gasteiger partial charge in [-0.2, -0.15) is 4.31 Å². The molecule has 0 unspecified atom stereocenters. The molecule has 1 aliphatic rings. The summed E-state index contributed by atoms with van der Waals surface area (Å²) >= 11 is 0. The third-order valence-corrected chi connectivity index (χ3v) is 5.37. The predicted molar refractivity (Wildman–Crippen MR) is 74.7 cm³/mol. The van der Waals surface area contributed by atoms with E-state index >= 15 is 0 Å². The lowest BCUT2D eigenvalue weighted by atomic mass is 9.93. The van der Waals surface area contributed by atoms with Gasteiger partial charge in [-0.25, -0.2) is 8.42 Å². The van der Waals surface area contributed by atoms with E-state index in [2.05, 4.69) is 0 Å². The molecule has 8 heteroatoms. The van der Waals surface area contributed by atoms with Crippen LogP contribution in [-0.2, 0) is 10.0 Å². The molecule has 20 heavy (non-hydrogen) atoms. The van der Waals surface area contributed by atoms with Crippen molar-refractivity contribution in [2.24, 2.45) is 5.41 Å². The molecule has 1 heterocycles. The van der Waals surface area contributed by atoms with Gasteiger partial charge in [0, 0.05) is 25.2 Å². The number of sulfonamides is 1. The molecule has 0 aliphatic carbocycles. The van der Waals surface area contributed by atoms with Crippen molar-refractivity contribution in [2.45, 2.75) is 25.2 Å². The monoisotopic (exact) mass is 299 g/mol. The Bertz CT molecular complexity index is 655. The lowest BCUT2D eigenvalue weighted by Gasteiger charge is -2.20. The fourth-order valence-electron chi connectivity index (χ4n) is 2.27. The minimum atomic E-state index is -3.79. The Hall–Kier alpha value is -1.67. The first-order valence-corrected chi connectivity index (χ1v) is 7.62. The molecule has 7 nitrogen and oxygen atoms in total. The van der Waals surface area contributed by atoms with Crippen LogP contribution in [0.3, 0.4) is 0 Å². The molecule has 0 saturated carbocycles. The van der Waals surface area contributed by atoms with Crippen LogP contribution in [0.5, 0.6) is 0 Å². The Balaban J connectivity index is 2.45. The maximum Gasteiger partial charge on any atom is 0.270 e. The summed E-state index contributed by atoms with van der Waals surface area (Å²) in [6.07, 6.45) is 0.751. The van der Waals surface area contributed by atoms with Gasteiger partial charge >= 0.3 is 0 Å². The largest absolute Gasteiger partial charge is 0.398 e. The number of nitrogen functional groups attached to an aromatic ring is 1. The van der Waals surface area contributed by atoms with Crippen LogP contribution in [0.15, 0.2) is 23.1 Å². The molecule has 0 spiro atoms. The molecule has 2 N–H and O–H groups in total. The number of hydrogen-bond acceptors (Lipinski definition) is 5. The highest BCUT2D eigenvalue weighted by atomic mass is 32.2. The normalized spacial score (nSPS) is 19.1. The van der Waals surface area contributed by atoms with Gasteiger partial charge in [0.1, 0.15) is 4.90 Å². The van der Waals surface area contributed by atoms with Crippen LogP contribution in [0.1, 0.15) is 20.3 Å². The molecule has 0 bridgehead atoms. The third kappa shape index (κ3) is 2.61. The predicted octanol–water partition coefficient (Wildman–Crippen LogP) is 1.60. The molecule has 110 valence electrons. The van der Waals surface area contributed by atoms with Crippen LogP contribution in [0.25, 0.3) is 0 Å². The van der Waals surface area contributed by atoms with Crippen molar-refractivity contribution < 1.29 is 13.3 Å². The van der Waals surface area contributed by atoms with E-state index in [0.717, 1.165) is 12.5 Å². The topological polar surface area (TPSA) is 107 Å². The molecular weight excluding hydrogens is 282 g/mol. The quantitative estimate of drug-likeness (QED) is 0.518. The SMILES string of the molecule is CC1(C)CCN(S(=O)(=O)c2cc([N+](=O)[O-])ccc2N)C1. The summed E-state index contributed by atoms with van der Waals surface area (Å²) in [6.45, 7) is 4.76. The van der Waals surface area contributed by atoms with E-state index in [-0.39, 0.29) is 21.7 Å². The first-order valence-electron chi connectivity index (χ1n) is 6.18. The highest BCUT2D eigenvalue weighted by molar-refractivity contribution is 7.89. The molecule has 0 aromatic heterocycles. The summed E-state index contributed by atoms with van der Waals surface area (Å²) in [6, 6.07) is 3.48. The second-order valence-electron chi connectivity index (χ2n) is 5.73. The minimum Gasteiger partial charge on any atom is -0.398 e. The van der Waals surface area contributed by atoms with E-state index in [0.29, 0.717) is 13.1 Å². The second kappa shape index (κ2) is 4.71. The van der Waals surface area contributed by atoms with Crippen molar-refractivity contribution in [1.29, 1.82) is 0 Å². The van der Waals surface area contributed by atoms with Gasteiger partial charge < -0.3 is 5.73 Å². The number of non-ortho nitro benzene ring substituents is 1. The molecule has 0 atom stereocenters. The maximum absolute atomic E-state index is 12.5. The van der Waals surface area contributed by atoms with E-state index in [1.165, 1.54) is 16.4 Å². The van der Waals surface area contributed by atoms with E-state index in [9.17, 15) is 18.5 Å². The van der Waals surface area contributed by atoms with E-state index in [4.69, 9.17) is 5.73 Å². The highest BCUT2D eigenvalue weighted by Gasteiger charge is 2.38. The van der Waals surface area contributed by atoms with Crippen molar-refractivity contribution in [3.05, 3.63) is 28.3 Å². The van der Waals surface area contributed by atoms with Gasteiger partial charge in [-0.3, -0.25) is 10.1 Å². The molecule has 2 rings (SSSR count). The third-order valence-electron chi connectivity index (χ3n) is 3.47. The Morgan fingerprint density at radius 2 is 2.05 bits per heavy atom. The van der Waals surface area contributed by atoms with Crippen molar-refractivity contribution in [3.8, 4) is 0 Å². The van der Waals surface area contributed by atoms with Gasteiger partial charge in [-0.05, 0) is 17.9 Å². The Morgan fingerprint density at radius 3 is 2.55 bits per heavy atom. The maximum atomic E-state index is 12.5. The number of nitrogens with two attached hydrogens (primary N) is 1. The fourth-order valence-corrected chi connectivity index (χ4v) is 4.03. The Kier molecular flexibility index (Phi) is 3.47. The average Bonchev–Trinajstić information content (AvgIpc) is 2.70. The zero-order valence-electron chi connectivity index (χ0n) is 11.4. The first kappa shape index (κ1) is 14.7. The first-order chi connectivity index (χ1) is 9.13. The van der Waals surface area contributed by atoms with Crippen LogP contribution in [-0.4, -0.2) is 30.7 Å². The van der Waals surface area contributed by atoms with Crippen molar-refractivity contribution in [3.63, 3.8) is 0 Å². The van der Waals surface area contributed by atoms with Gasteiger partial charge in [0.05, 0.1) is 10.6 Å². The summed E-state index contributed by atoms with van der Waals surface area (Å²) in [5.41, 5.74) is 5.33. The van der Waals surface area contributed by atoms with Crippen molar-refractivity contribution >= 4 is 21.4 Å². The van der Waals surface area contributed by atoms with Crippen LogP contribution < -0.4 is 5.73 Å². The Labute approximate surface area is 117 Å². The van der Waals surface area contributed by atoms with E-state index in [1.54, 1.807) is 0 Å².